The third-order valence-corrected chi connectivity index (χ3v) is 6.59. The molecule has 3 aromatic rings. The molecular weight excluding hydrogens is 400 g/mol. The molecule has 0 radical (unpaired) electrons. The Morgan fingerprint density at radius 2 is 1.78 bits per heavy atom. The van der Waals surface area contributed by atoms with Crippen molar-refractivity contribution in [3.63, 3.8) is 0 Å². The summed E-state index contributed by atoms with van der Waals surface area (Å²) in [5, 5.41) is 8.57. The lowest BCUT2D eigenvalue weighted by atomic mass is 9.97. The fourth-order valence-corrected chi connectivity index (χ4v) is 4.83. The number of nitrogens with zero attached hydrogens (tertiary/aromatic N) is 6. The van der Waals surface area contributed by atoms with Crippen molar-refractivity contribution in [2.75, 3.05) is 50.7 Å². The highest BCUT2D eigenvalue weighted by atomic mass is 16.4. The fourth-order valence-electron chi connectivity index (χ4n) is 4.83. The average molecular weight is 433 g/mol. The summed E-state index contributed by atoms with van der Waals surface area (Å²) >= 11 is 0. The van der Waals surface area contributed by atoms with Crippen LogP contribution in [0.1, 0.15) is 24.3 Å². The summed E-state index contributed by atoms with van der Waals surface area (Å²) < 4.78 is 5.97. The quantitative estimate of drug-likeness (QED) is 0.591. The van der Waals surface area contributed by atoms with Crippen molar-refractivity contribution in [3.05, 3.63) is 60.1 Å². The molecule has 2 aliphatic heterocycles. The lowest BCUT2D eigenvalue weighted by Gasteiger charge is -2.39. The maximum absolute atomic E-state index is 5.97. The number of benzene rings is 1. The predicted molar refractivity (Wildman–Crippen MR) is 125 cm³/mol. The number of aryl methyl sites for hydroxylation is 1. The Hall–Kier alpha value is -2.77. The normalized spacial score (nSPS) is 20.5. The lowest BCUT2D eigenvalue weighted by Crippen LogP contribution is -2.49. The van der Waals surface area contributed by atoms with Crippen molar-refractivity contribution in [3.8, 4) is 11.5 Å². The predicted octanol–water partition coefficient (Wildman–Crippen LogP) is 3.47. The first-order chi connectivity index (χ1) is 15.7. The van der Waals surface area contributed by atoms with Gasteiger partial charge in [-0.25, -0.2) is 4.98 Å². The molecule has 0 N–H and O–H groups in total. The number of piperidine rings is 1. The second-order valence-electron chi connectivity index (χ2n) is 9.09. The van der Waals surface area contributed by atoms with E-state index in [1.165, 1.54) is 24.9 Å². The number of piperazine rings is 1. The van der Waals surface area contributed by atoms with Gasteiger partial charge in [-0.15, -0.1) is 10.2 Å². The number of likely N-dealkylation sites (tertiary alicyclic amines) is 1. The Labute approximate surface area is 190 Å². The van der Waals surface area contributed by atoms with E-state index in [-0.39, 0.29) is 0 Å². The van der Waals surface area contributed by atoms with Crippen molar-refractivity contribution in [2.24, 2.45) is 5.92 Å². The second-order valence-corrected chi connectivity index (χ2v) is 9.09. The van der Waals surface area contributed by atoms with Crippen LogP contribution in [0.4, 0.5) is 5.82 Å². The largest absolute Gasteiger partial charge is 0.419 e. The van der Waals surface area contributed by atoms with E-state index in [1.807, 2.05) is 24.4 Å². The van der Waals surface area contributed by atoms with Gasteiger partial charge in [0, 0.05) is 51.0 Å². The number of pyridine rings is 1. The van der Waals surface area contributed by atoms with E-state index >= 15 is 0 Å². The molecule has 1 unspecified atom stereocenters. The zero-order valence-corrected chi connectivity index (χ0v) is 18.9. The van der Waals surface area contributed by atoms with Crippen LogP contribution >= 0.6 is 0 Å². The monoisotopic (exact) mass is 432 g/mol. The van der Waals surface area contributed by atoms with E-state index in [4.69, 9.17) is 4.42 Å². The molecule has 4 heterocycles. The van der Waals surface area contributed by atoms with E-state index in [2.05, 4.69) is 61.1 Å². The van der Waals surface area contributed by atoms with Crippen LogP contribution in [0.5, 0.6) is 0 Å². The highest BCUT2D eigenvalue weighted by Crippen LogP contribution is 2.23. The first kappa shape index (κ1) is 21.1. The third kappa shape index (κ3) is 5.16. The SMILES string of the molecule is Cc1ccc(-c2nnc(CN3CCCC(CN4CCN(c5ccccn5)CC4)C3)o2)cc1. The van der Waals surface area contributed by atoms with Crippen LogP contribution in [0, 0.1) is 12.8 Å². The van der Waals surface area contributed by atoms with Gasteiger partial charge in [0.05, 0.1) is 6.54 Å². The van der Waals surface area contributed by atoms with Crippen molar-refractivity contribution in [1.29, 1.82) is 0 Å². The standard InChI is InChI=1S/C25H32N6O/c1-20-7-9-22(10-8-20)25-28-27-24(32-25)19-30-12-4-5-21(18-30)17-29-13-15-31(16-14-29)23-6-2-3-11-26-23/h2-3,6-11,21H,4-5,12-19H2,1H3. The molecule has 32 heavy (non-hydrogen) atoms. The summed E-state index contributed by atoms with van der Waals surface area (Å²) in [6.07, 6.45) is 4.42. The van der Waals surface area contributed by atoms with Crippen LogP contribution in [0.3, 0.4) is 0 Å². The summed E-state index contributed by atoms with van der Waals surface area (Å²) in [5.74, 6) is 3.12. The molecule has 168 valence electrons. The minimum absolute atomic E-state index is 0.610. The smallest absolute Gasteiger partial charge is 0.247 e. The van der Waals surface area contributed by atoms with E-state index in [0.717, 1.165) is 57.2 Å². The Balaban J connectivity index is 1.11. The molecule has 0 bridgehead atoms. The third-order valence-electron chi connectivity index (χ3n) is 6.59. The van der Waals surface area contributed by atoms with E-state index in [0.29, 0.717) is 17.7 Å². The Morgan fingerprint density at radius 1 is 0.938 bits per heavy atom. The van der Waals surface area contributed by atoms with Gasteiger partial charge >= 0.3 is 0 Å². The molecule has 1 atom stereocenters. The Morgan fingerprint density at radius 3 is 2.56 bits per heavy atom. The van der Waals surface area contributed by atoms with Crippen molar-refractivity contribution in [2.45, 2.75) is 26.3 Å². The van der Waals surface area contributed by atoms with Crippen LogP contribution < -0.4 is 4.90 Å². The average Bonchev–Trinajstić information content (AvgIpc) is 3.29. The zero-order valence-electron chi connectivity index (χ0n) is 18.9. The Bertz CT molecular complexity index is 981. The maximum atomic E-state index is 5.97. The number of hydrogen-bond acceptors (Lipinski definition) is 7. The minimum Gasteiger partial charge on any atom is -0.419 e. The fraction of sp³-hybridized carbons (Fsp3) is 0.480. The molecule has 0 aliphatic carbocycles. The number of rotatable bonds is 6. The molecule has 0 spiro atoms. The number of hydrogen-bond donors (Lipinski definition) is 0. The van der Waals surface area contributed by atoms with Crippen LogP contribution in [0.2, 0.25) is 0 Å². The zero-order chi connectivity index (χ0) is 21.8. The molecule has 7 nitrogen and oxygen atoms in total. The lowest BCUT2D eigenvalue weighted by molar-refractivity contribution is 0.118. The molecule has 7 heteroatoms. The van der Waals surface area contributed by atoms with Crippen LogP contribution in [0.25, 0.3) is 11.5 Å². The van der Waals surface area contributed by atoms with Gasteiger partial charge in [-0.2, -0.15) is 0 Å². The summed E-state index contributed by atoms with van der Waals surface area (Å²) in [6.45, 7) is 10.5. The first-order valence-electron chi connectivity index (χ1n) is 11.7. The highest BCUT2D eigenvalue weighted by molar-refractivity contribution is 5.52. The summed E-state index contributed by atoms with van der Waals surface area (Å²) in [5.41, 5.74) is 2.21. The van der Waals surface area contributed by atoms with Gasteiger partial charge in [0.15, 0.2) is 0 Å². The van der Waals surface area contributed by atoms with Crippen LogP contribution in [0.15, 0.2) is 53.1 Å². The van der Waals surface area contributed by atoms with Gasteiger partial charge in [0.2, 0.25) is 11.8 Å². The topological polar surface area (TPSA) is 61.5 Å². The molecule has 5 rings (SSSR count). The van der Waals surface area contributed by atoms with E-state index < -0.39 is 0 Å². The van der Waals surface area contributed by atoms with Gasteiger partial charge in [-0.3, -0.25) is 9.80 Å². The maximum Gasteiger partial charge on any atom is 0.247 e. The van der Waals surface area contributed by atoms with E-state index in [1.54, 1.807) is 0 Å². The van der Waals surface area contributed by atoms with Gasteiger partial charge in [0.1, 0.15) is 5.82 Å². The van der Waals surface area contributed by atoms with E-state index in [9.17, 15) is 0 Å². The van der Waals surface area contributed by atoms with Gasteiger partial charge in [-0.1, -0.05) is 23.8 Å². The number of aromatic nitrogens is 3. The van der Waals surface area contributed by atoms with Crippen molar-refractivity contribution in [1.82, 2.24) is 25.0 Å². The summed E-state index contributed by atoms with van der Waals surface area (Å²) in [6, 6.07) is 14.4. The molecule has 2 aliphatic rings. The minimum atomic E-state index is 0.610. The summed E-state index contributed by atoms with van der Waals surface area (Å²) in [7, 11) is 0. The van der Waals surface area contributed by atoms with Crippen molar-refractivity contribution < 1.29 is 4.42 Å². The second kappa shape index (κ2) is 9.79. The van der Waals surface area contributed by atoms with Gasteiger partial charge < -0.3 is 9.32 Å². The van der Waals surface area contributed by atoms with Gasteiger partial charge in [-0.05, 0) is 56.5 Å². The Kier molecular flexibility index (Phi) is 6.46. The molecule has 0 saturated carbocycles. The molecule has 2 aromatic heterocycles. The first-order valence-corrected chi connectivity index (χ1v) is 11.7. The molecular formula is C25H32N6O. The van der Waals surface area contributed by atoms with Crippen LogP contribution in [-0.4, -0.2) is 70.8 Å². The summed E-state index contributed by atoms with van der Waals surface area (Å²) in [4.78, 5) is 12.0. The molecule has 2 saturated heterocycles. The molecule has 2 fully saturated rings. The van der Waals surface area contributed by atoms with Crippen LogP contribution in [-0.2, 0) is 6.54 Å². The highest BCUT2D eigenvalue weighted by Gasteiger charge is 2.25. The van der Waals surface area contributed by atoms with Gasteiger partial charge in [0.25, 0.3) is 0 Å². The molecule has 1 aromatic carbocycles. The molecule has 0 amide bonds. The van der Waals surface area contributed by atoms with Crippen molar-refractivity contribution >= 4 is 5.82 Å². The number of anilines is 1.